The maximum atomic E-state index is 13.3. The number of imide groups is 1. The van der Waals surface area contributed by atoms with Crippen LogP contribution < -0.4 is 4.90 Å². The van der Waals surface area contributed by atoms with Crippen molar-refractivity contribution in [2.45, 2.75) is 46.0 Å². The average Bonchev–Trinajstić information content (AvgIpc) is 3.28. The SMILES string of the molecule is Cc1ccc(C)c(N2C(=O)[C@@H]3[C@H](C2=O)[C@@H]2C=C[C@H]3C2=C2CCCCC2)c1. The molecule has 0 N–H and O–H groups in total. The van der Waals surface area contributed by atoms with Crippen LogP contribution >= 0.6 is 0 Å². The fraction of sp³-hybridized carbons (Fsp3) is 0.478. The van der Waals surface area contributed by atoms with Crippen LogP contribution in [0.25, 0.3) is 0 Å². The number of fused-ring (bicyclic) bond motifs is 5. The summed E-state index contributed by atoms with van der Waals surface area (Å²) >= 11 is 0. The summed E-state index contributed by atoms with van der Waals surface area (Å²) < 4.78 is 0. The van der Waals surface area contributed by atoms with E-state index in [1.807, 2.05) is 32.0 Å². The number of anilines is 1. The van der Waals surface area contributed by atoms with Crippen LogP contribution in [0.2, 0.25) is 0 Å². The largest absolute Gasteiger partial charge is 0.274 e. The molecule has 1 aromatic carbocycles. The minimum Gasteiger partial charge on any atom is -0.274 e. The molecule has 0 aromatic heterocycles. The van der Waals surface area contributed by atoms with Crippen molar-refractivity contribution in [3.05, 3.63) is 52.6 Å². The second-order valence-electron chi connectivity index (χ2n) is 8.41. The summed E-state index contributed by atoms with van der Waals surface area (Å²) in [6.45, 7) is 3.98. The van der Waals surface area contributed by atoms with Crippen LogP contribution in [-0.4, -0.2) is 11.8 Å². The van der Waals surface area contributed by atoms with E-state index >= 15 is 0 Å². The Morgan fingerprint density at radius 2 is 1.50 bits per heavy atom. The molecule has 3 nitrogen and oxygen atoms in total. The van der Waals surface area contributed by atoms with Crippen molar-refractivity contribution >= 4 is 17.5 Å². The molecule has 4 aliphatic rings. The normalized spacial score (nSPS) is 32.8. The van der Waals surface area contributed by atoms with E-state index in [9.17, 15) is 9.59 Å². The molecule has 3 fully saturated rings. The van der Waals surface area contributed by atoms with Gasteiger partial charge in [0.15, 0.2) is 0 Å². The Hall–Kier alpha value is -2.16. The molecule has 1 heterocycles. The van der Waals surface area contributed by atoms with Crippen LogP contribution in [-0.2, 0) is 9.59 Å². The Morgan fingerprint density at radius 1 is 0.885 bits per heavy atom. The molecule has 3 aliphatic carbocycles. The van der Waals surface area contributed by atoms with Crippen LogP contribution in [0.1, 0.15) is 43.2 Å². The molecule has 0 unspecified atom stereocenters. The molecular formula is C23H25NO2. The monoisotopic (exact) mass is 347 g/mol. The van der Waals surface area contributed by atoms with Gasteiger partial charge in [0.1, 0.15) is 0 Å². The highest BCUT2D eigenvalue weighted by Crippen LogP contribution is 2.58. The number of hydrogen-bond acceptors (Lipinski definition) is 2. The second-order valence-corrected chi connectivity index (χ2v) is 8.41. The lowest BCUT2D eigenvalue weighted by Gasteiger charge is -2.24. The van der Waals surface area contributed by atoms with E-state index in [0.29, 0.717) is 0 Å². The smallest absolute Gasteiger partial charge is 0.238 e. The number of amides is 2. The third kappa shape index (κ3) is 2.06. The first kappa shape index (κ1) is 16.0. The predicted octanol–water partition coefficient (Wildman–Crippen LogP) is 4.49. The Kier molecular flexibility index (Phi) is 3.50. The van der Waals surface area contributed by atoms with Crippen molar-refractivity contribution in [1.29, 1.82) is 0 Å². The number of rotatable bonds is 1. The van der Waals surface area contributed by atoms with E-state index in [0.717, 1.165) is 29.7 Å². The number of hydrogen-bond donors (Lipinski definition) is 0. The Labute approximate surface area is 154 Å². The van der Waals surface area contributed by atoms with Crippen LogP contribution in [0.3, 0.4) is 0 Å². The van der Waals surface area contributed by atoms with Crippen molar-refractivity contribution in [3.63, 3.8) is 0 Å². The van der Waals surface area contributed by atoms with Gasteiger partial charge in [-0.15, -0.1) is 0 Å². The predicted molar refractivity (Wildman–Crippen MR) is 102 cm³/mol. The molecule has 2 saturated carbocycles. The summed E-state index contributed by atoms with van der Waals surface area (Å²) in [5.74, 6) is -0.0167. The molecule has 2 amide bonds. The molecular weight excluding hydrogens is 322 g/mol. The van der Waals surface area contributed by atoms with Gasteiger partial charge in [0, 0.05) is 11.8 Å². The highest BCUT2D eigenvalue weighted by Gasteiger charge is 2.62. The lowest BCUT2D eigenvalue weighted by molar-refractivity contribution is -0.122. The van der Waals surface area contributed by atoms with Gasteiger partial charge in [0.05, 0.1) is 17.5 Å². The molecule has 1 aliphatic heterocycles. The molecule has 5 rings (SSSR count). The maximum Gasteiger partial charge on any atom is 0.238 e. The Bertz CT molecular complexity index is 836. The number of nitrogens with zero attached hydrogens (tertiary/aromatic N) is 1. The van der Waals surface area contributed by atoms with E-state index in [1.165, 1.54) is 29.7 Å². The molecule has 2 bridgehead atoms. The number of aryl methyl sites for hydroxylation is 2. The van der Waals surface area contributed by atoms with Crippen LogP contribution in [0.5, 0.6) is 0 Å². The van der Waals surface area contributed by atoms with Crippen molar-refractivity contribution in [2.24, 2.45) is 23.7 Å². The molecule has 0 spiro atoms. The number of allylic oxidation sites excluding steroid dienone is 4. The zero-order valence-electron chi connectivity index (χ0n) is 15.5. The lowest BCUT2D eigenvalue weighted by Crippen LogP contribution is -2.34. The summed E-state index contributed by atoms with van der Waals surface area (Å²) in [7, 11) is 0. The summed E-state index contributed by atoms with van der Waals surface area (Å²) in [6.07, 6.45) is 10.6. The van der Waals surface area contributed by atoms with E-state index in [4.69, 9.17) is 0 Å². The summed E-state index contributed by atoms with van der Waals surface area (Å²) in [5, 5.41) is 0. The van der Waals surface area contributed by atoms with Crippen molar-refractivity contribution in [1.82, 2.24) is 0 Å². The third-order valence-electron chi connectivity index (χ3n) is 6.89. The lowest BCUT2D eigenvalue weighted by atomic mass is 9.85. The Balaban J connectivity index is 1.55. The van der Waals surface area contributed by atoms with Gasteiger partial charge in [-0.25, -0.2) is 4.90 Å². The van der Waals surface area contributed by atoms with Gasteiger partial charge in [0.25, 0.3) is 0 Å². The van der Waals surface area contributed by atoms with Gasteiger partial charge < -0.3 is 0 Å². The topological polar surface area (TPSA) is 37.4 Å². The van der Waals surface area contributed by atoms with Gasteiger partial charge in [-0.3, -0.25) is 9.59 Å². The first-order valence-corrected chi connectivity index (χ1v) is 9.93. The molecule has 4 atom stereocenters. The fourth-order valence-electron chi connectivity index (χ4n) is 5.70. The van der Waals surface area contributed by atoms with Crippen molar-refractivity contribution < 1.29 is 9.59 Å². The van der Waals surface area contributed by atoms with Gasteiger partial charge >= 0.3 is 0 Å². The number of carbonyl (C=O) groups excluding carboxylic acids is 2. The fourth-order valence-corrected chi connectivity index (χ4v) is 5.70. The number of carbonyl (C=O) groups is 2. The van der Waals surface area contributed by atoms with E-state index in [1.54, 1.807) is 5.57 Å². The van der Waals surface area contributed by atoms with Crippen molar-refractivity contribution in [2.75, 3.05) is 4.90 Å². The maximum absolute atomic E-state index is 13.3. The van der Waals surface area contributed by atoms with E-state index in [2.05, 4.69) is 12.2 Å². The molecule has 1 saturated heterocycles. The molecule has 26 heavy (non-hydrogen) atoms. The zero-order valence-corrected chi connectivity index (χ0v) is 15.5. The quantitative estimate of drug-likeness (QED) is 0.555. The molecule has 134 valence electrons. The van der Waals surface area contributed by atoms with Crippen LogP contribution in [0, 0.1) is 37.5 Å². The highest BCUT2D eigenvalue weighted by molar-refractivity contribution is 6.23. The van der Waals surface area contributed by atoms with E-state index < -0.39 is 0 Å². The zero-order chi connectivity index (χ0) is 18.0. The standard InChI is InChI=1S/C23H25NO2/c1-13-8-9-14(2)18(12-13)24-22(25)20-16-10-11-17(21(20)23(24)26)19(16)15-6-4-3-5-7-15/h8-12,16-17,20-21H,3-7H2,1-2H3/t16-,17+,20-,21+. The van der Waals surface area contributed by atoms with Crippen molar-refractivity contribution in [3.8, 4) is 0 Å². The minimum absolute atomic E-state index is 0.0134. The van der Waals surface area contributed by atoms with Gasteiger partial charge in [-0.1, -0.05) is 41.9 Å². The summed E-state index contributed by atoms with van der Waals surface area (Å²) in [6, 6.07) is 6.01. The van der Waals surface area contributed by atoms with Crippen LogP contribution in [0.15, 0.2) is 41.5 Å². The summed E-state index contributed by atoms with van der Waals surface area (Å²) in [4.78, 5) is 28.1. The van der Waals surface area contributed by atoms with Gasteiger partial charge in [0.2, 0.25) is 11.8 Å². The second kappa shape index (κ2) is 5.67. The highest BCUT2D eigenvalue weighted by atomic mass is 16.2. The Morgan fingerprint density at radius 3 is 2.12 bits per heavy atom. The first-order valence-electron chi connectivity index (χ1n) is 9.93. The first-order chi connectivity index (χ1) is 12.6. The van der Waals surface area contributed by atoms with Gasteiger partial charge in [-0.2, -0.15) is 0 Å². The molecule has 1 aromatic rings. The van der Waals surface area contributed by atoms with Crippen LogP contribution in [0.4, 0.5) is 5.69 Å². The third-order valence-corrected chi connectivity index (χ3v) is 6.89. The summed E-state index contributed by atoms with van der Waals surface area (Å²) in [5.41, 5.74) is 5.82. The minimum atomic E-state index is -0.179. The van der Waals surface area contributed by atoms with Gasteiger partial charge in [-0.05, 0) is 56.7 Å². The number of benzene rings is 1. The molecule has 0 radical (unpaired) electrons. The average molecular weight is 347 g/mol. The van der Waals surface area contributed by atoms with E-state index in [-0.39, 0.29) is 35.5 Å². The molecule has 3 heteroatoms.